The molecule has 0 radical (unpaired) electrons. The van der Waals surface area contributed by atoms with Gasteiger partial charge >= 0.3 is 0 Å². The third-order valence-electron chi connectivity index (χ3n) is 2.73. The summed E-state index contributed by atoms with van der Waals surface area (Å²) >= 11 is 0. The summed E-state index contributed by atoms with van der Waals surface area (Å²) in [6.07, 6.45) is 1.87. The molecule has 2 aliphatic heterocycles. The van der Waals surface area contributed by atoms with Gasteiger partial charge < -0.3 is 0 Å². The van der Waals surface area contributed by atoms with Crippen LogP contribution in [0.5, 0.6) is 0 Å². The van der Waals surface area contributed by atoms with Gasteiger partial charge in [-0.2, -0.15) is 0 Å². The molecule has 1 N–H and O–H groups in total. The van der Waals surface area contributed by atoms with E-state index in [9.17, 15) is 9.59 Å². The van der Waals surface area contributed by atoms with Crippen LogP contribution in [0.4, 0.5) is 0 Å². The Bertz CT molecular complexity index is 239. The summed E-state index contributed by atoms with van der Waals surface area (Å²) < 4.78 is 0. The largest absolute Gasteiger partial charge is 0.295 e. The van der Waals surface area contributed by atoms with Gasteiger partial charge in [-0.25, -0.2) is 0 Å². The molecule has 0 aromatic carbocycles. The minimum atomic E-state index is -0.189. The van der Waals surface area contributed by atoms with E-state index in [1.165, 1.54) is 0 Å². The fraction of sp³-hybridized carbons (Fsp3) is 0.750. The third kappa shape index (κ3) is 0.948. The van der Waals surface area contributed by atoms with Crippen molar-refractivity contribution in [2.45, 2.75) is 18.9 Å². The highest BCUT2D eigenvalue weighted by Crippen LogP contribution is 2.26. The number of carbonyl (C=O) groups excluding carboxylic acids is 2. The van der Waals surface area contributed by atoms with Crippen LogP contribution in [0.25, 0.3) is 0 Å². The van der Waals surface area contributed by atoms with Gasteiger partial charge in [-0.15, -0.1) is 0 Å². The average Bonchev–Trinajstić information content (AvgIpc) is 2.29. The van der Waals surface area contributed by atoms with Gasteiger partial charge in [0.1, 0.15) is 6.04 Å². The summed E-state index contributed by atoms with van der Waals surface area (Å²) in [5, 5.41) is 2.37. The smallest absolute Gasteiger partial charge is 0.244 e. The number of nitrogens with zero attached hydrogens (tertiary/aromatic N) is 1. The van der Waals surface area contributed by atoms with Gasteiger partial charge in [0, 0.05) is 0 Å². The van der Waals surface area contributed by atoms with E-state index in [0.717, 1.165) is 19.4 Å². The molecule has 2 saturated heterocycles. The van der Waals surface area contributed by atoms with Crippen molar-refractivity contribution in [3.05, 3.63) is 0 Å². The summed E-state index contributed by atoms with van der Waals surface area (Å²) in [5.41, 5.74) is 0. The van der Waals surface area contributed by atoms with E-state index in [0.29, 0.717) is 0 Å². The molecule has 0 aromatic rings. The second kappa shape index (κ2) is 2.55. The van der Waals surface area contributed by atoms with E-state index in [-0.39, 0.29) is 23.8 Å². The second-order valence-corrected chi connectivity index (χ2v) is 3.53. The first-order valence-electron chi connectivity index (χ1n) is 4.25. The Balaban J connectivity index is 2.24. The van der Waals surface area contributed by atoms with Gasteiger partial charge in [-0.3, -0.25) is 19.8 Å². The van der Waals surface area contributed by atoms with Gasteiger partial charge in [0.25, 0.3) is 0 Å². The molecule has 2 unspecified atom stereocenters. The lowest BCUT2D eigenvalue weighted by molar-refractivity contribution is -0.126. The standard InChI is InChI=1S/C8H12N2O2/c1-10-4-2-3-5-6(10)8(12)9-7(5)11/h5-6H,2-4H2,1H3,(H,9,11,12). The summed E-state index contributed by atoms with van der Waals surface area (Å²) in [6, 6.07) is -0.189. The molecule has 0 aromatic heterocycles. The van der Waals surface area contributed by atoms with E-state index in [2.05, 4.69) is 5.32 Å². The topological polar surface area (TPSA) is 49.4 Å². The van der Waals surface area contributed by atoms with Crippen LogP contribution in [0, 0.1) is 5.92 Å². The lowest BCUT2D eigenvalue weighted by atomic mass is 9.92. The number of rotatable bonds is 0. The van der Waals surface area contributed by atoms with Crippen LogP contribution in [0.3, 0.4) is 0 Å². The SMILES string of the molecule is CN1CCCC2C(=O)NC(=O)C21. The maximum absolute atomic E-state index is 11.3. The molecule has 0 aliphatic carbocycles. The van der Waals surface area contributed by atoms with Crippen molar-refractivity contribution in [2.24, 2.45) is 5.92 Å². The molecule has 4 nitrogen and oxygen atoms in total. The fourth-order valence-corrected chi connectivity index (χ4v) is 2.11. The molecule has 0 spiro atoms. The van der Waals surface area contributed by atoms with Crippen molar-refractivity contribution in [3.8, 4) is 0 Å². The zero-order valence-corrected chi connectivity index (χ0v) is 7.04. The minimum absolute atomic E-state index is 0.0865. The lowest BCUT2D eigenvalue weighted by Crippen LogP contribution is -2.45. The quantitative estimate of drug-likeness (QED) is 0.489. The number of nitrogens with one attached hydrogen (secondary N) is 1. The molecule has 12 heavy (non-hydrogen) atoms. The van der Waals surface area contributed by atoms with Gasteiger partial charge in [0.2, 0.25) is 11.8 Å². The first-order chi connectivity index (χ1) is 5.70. The number of piperidine rings is 1. The molecule has 2 rings (SSSR count). The Morgan fingerprint density at radius 2 is 2.17 bits per heavy atom. The highest BCUT2D eigenvalue weighted by molar-refractivity contribution is 6.07. The predicted octanol–water partition coefficient (Wildman–Crippen LogP) is -0.647. The highest BCUT2D eigenvalue weighted by atomic mass is 16.2. The van der Waals surface area contributed by atoms with E-state index in [1.54, 1.807) is 0 Å². The maximum atomic E-state index is 11.3. The summed E-state index contributed by atoms with van der Waals surface area (Å²) in [5.74, 6) is -0.292. The minimum Gasteiger partial charge on any atom is -0.295 e. The molecular weight excluding hydrogens is 156 g/mol. The van der Waals surface area contributed by atoms with E-state index >= 15 is 0 Å². The monoisotopic (exact) mass is 168 g/mol. The normalized spacial score (nSPS) is 36.4. The van der Waals surface area contributed by atoms with Crippen molar-refractivity contribution < 1.29 is 9.59 Å². The van der Waals surface area contributed by atoms with Crippen molar-refractivity contribution in [1.82, 2.24) is 10.2 Å². The van der Waals surface area contributed by atoms with Crippen molar-refractivity contribution in [3.63, 3.8) is 0 Å². The van der Waals surface area contributed by atoms with E-state index in [1.807, 2.05) is 11.9 Å². The Morgan fingerprint density at radius 1 is 1.42 bits per heavy atom. The maximum Gasteiger partial charge on any atom is 0.244 e. The first kappa shape index (κ1) is 7.73. The molecule has 66 valence electrons. The number of hydrogen-bond acceptors (Lipinski definition) is 3. The number of likely N-dealkylation sites (tertiary alicyclic amines) is 1. The number of hydrogen-bond donors (Lipinski definition) is 1. The molecule has 2 amide bonds. The zero-order chi connectivity index (χ0) is 8.72. The molecule has 2 heterocycles. The Morgan fingerprint density at radius 3 is 2.83 bits per heavy atom. The van der Waals surface area contributed by atoms with Crippen molar-refractivity contribution in [2.75, 3.05) is 13.6 Å². The molecule has 0 bridgehead atoms. The molecule has 4 heteroatoms. The second-order valence-electron chi connectivity index (χ2n) is 3.53. The van der Waals surface area contributed by atoms with E-state index < -0.39 is 0 Å². The molecule has 2 aliphatic rings. The van der Waals surface area contributed by atoms with Crippen molar-refractivity contribution in [1.29, 1.82) is 0 Å². The number of carbonyl (C=O) groups is 2. The van der Waals surface area contributed by atoms with Gasteiger partial charge in [-0.1, -0.05) is 0 Å². The van der Waals surface area contributed by atoms with Gasteiger partial charge in [-0.05, 0) is 26.4 Å². The van der Waals surface area contributed by atoms with Crippen LogP contribution in [0.1, 0.15) is 12.8 Å². The van der Waals surface area contributed by atoms with Crippen LogP contribution in [-0.2, 0) is 9.59 Å². The number of imide groups is 1. The average molecular weight is 168 g/mol. The fourth-order valence-electron chi connectivity index (χ4n) is 2.11. The summed E-state index contributed by atoms with van der Waals surface area (Å²) in [7, 11) is 1.90. The van der Waals surface area contributed by atoms with Crippen LogP contribution in [0.2, 0.25) is 0 Å². The zero-order valence-electron chi connectivity index (χ0n) is 7.04. The van der Waals surface area contributed by atoms with Crippen LogP contribution < -0.4 is 5.32 Å². The molecule has 2 fully saturated rings. The van der Waals surface area contributed by atoms with Crippen molar-refractivity contribution >= 4 is 11.8 Å². The molecule has 2 atom stereocenters. The first-order valence-corrected chi connectivity index (χ1v) is 4.25. The number of amides is 2. The lowest BCUT2D eigenvalue weighted by Gasteiger charge is -2.30. The Labute approximate surface area is 70.9 Å². The Kier molecular flexibility index (Phi) is 1.65. The highest BCUT2D eigenvalue weighted by Gasteiger charge is 2.45. The van der Waals surface area contributed by atoms with Gasteiger partial charge in [0.05, 0.1) is 5.92 Å². The Hall–Kier alpha value is -0.900. The summed E-state index contributed by atoms with van der Waals surface area (Å²) in [4.78, 5) is 24.4. The predicted molar refractivity (Wildman–Crippen MR) is 42.3 cm³/mol. The van der Waals surface area contributed by atoms with Gasteiger partial charge in [0.15, 0.2) is 0 Å². The molecular formula is C8H12N2O2. The third-order valence-corrected chi connectivity index (χ3v) is 2.73. The van der Waals surface area contributed by atoms with E-state index in [4.69, 9.17) is 0 Å². The summed E-state index contributed by atoms with van der Waals surface area (Å²) in [6.45, 7) is 0.919. The van der Waals surface area contributed by atoms with Crippen LogP contribution in [-0.4, -0.2) is 36.3 Å². The number of likely N-dealkylation sites (N-methyl/N-ethyl adjacent to an activating group) is 1. The molecule has 0 saturated carbocycles. The van der Waals surface area contributed by atoms with Crippen LogP contribution in [0.15, 0.2) is 0 Å². The number of fused-ring (bicyclic) bond motifs is 1. The van der Waals surface area contributed by atoms with Crippen LogP contribution >= 0.6 is 0 Å².